The number of rotatable bonds is 9. The van der Waals surface area contributed by atoms with Gasteiger partial charge < -0.3 is 19.3 Å². The third kappa shape index (κ3) is 5.71. The molecule has 1 atom stereocenters. The quantitative estimate of drug-likeness (QED) is 0.438. The predicted octanol–water partition coefficient (Wildman–Crippen LogP) is 4.50. The molecule has 4 rings (SSSR count). The maximum atomic E-state index is 15.1. The molecule has 2 heterocycles. The average molecular weight is 493 g/mol. The second kappa shape index (κ2) is 12.1. The maximum absolute atomic E-state index is 15.1. The molecule has 8 heteroatoms. The lowest BCUT2D eigenvalue weighted by Gasteiger charge is -2.32. The summed E-state index contributed by atoms with van der Waals surface area (Å²) in [4.78, 5) is 27.6. The van der Waals surface area contributed by atoms with Crippen LogP contribution in [0.5, 0.6) is 0 Å². The first-order chi connectivity index (χ1) is 17.5. The highest BCUT2D eigenvalue weighted by Crippen LogP contribution is 2.30. The molecular formula is C28H33FN4O3. The van der Waals surface area contributed by atoms with E-state index in [2.05, 4.69) is 0 Å². The van der Waals surface area contributed by atoms with Crippen LogP contribution >= 0.6 is 0 Å². The summed E-state index contributed by atoms with van der Waals surface area (Å²) in [6.07, 6.45) is 0.702. The monoisotopic (exact) mass is 492 g/mol. The highest BCUT2D eigenvalue weighted by Gasteiger charge is 2.30. The van der Waals surface area contributed by atoms with Crippen molar-refractivity contribution in [3.63, 3.8) is 0 Å². The SMILES string of the molecule is CCC(COC)N(Cc1ccccc1)C(=O)c1c(C)nc(N2CCOCC2)nc1-c1ccccc1F. The van der Waals surface area contributed by atoms with Crippen LogP contribution in [0, 0.1) is 12.7 Å². The number of carbonyl (C=O) groups is 1. The molecule has 0 radical (unpaired) electrons. The maximum Gasteiger partial charge on any atom is 0.258 e. The summed E-state index contributed by atoms with van der Waals surface area (Å²) < 4.78 is 26.0. The second-order valence-corrected chi connectivity index (χ2v) is 8.85. The normalized spacial score (nSPS) is 14.5. The molecule has 7 nitrogen and oxygen atoms in total. The van der Waals surface area contributed by atoms with Gasteiger partial charge in [0.2, 0.25) is 5.95 Å². The van der Waals surface area contributed by atoms with Crippen molar-refractivity contribution in [3.05, 3.63) is 77.2 Å². The number of aromatic nitrogens is 2. The second-order valence-electron chi connectivity index (χ2n) is 8.85. The zero-order valence-electron chi connectivity index (χ0n) is 21.1. The van der Waals surface area contributed by atoms with Crippen molar-refractivity contribution >= 4 is 11.9 Å². The molecule has 0 aliphatic carbocycles. The van der Waals surface area contributed by atoms with E-state index in [0.717, 1.165) is 5.56 Å². The minimum absolute atomic E-state index is 0.172. The fraction of sp³-hybridized carbons (Fsp3) is 0.393. The van der Waals surface area contributed by atoms with Gasteiger partial charge in [0.05, 0.1) is 42.8 Å². The Bertz CT molecular complexity index is 1170. The minimum Gasteiger partial charge on any atom is -0.383 e. The van der Waals surface area contributed by atoms with Gasteiger partial charge in [-0.2, -0.15) is 0 Å². The first-order valence-electron chi connectivity index (χ1n) is 12.3. The van der Waals surface area contributed by atoms with Crippen molar-refractivity contribution in [2.24, 2.45) is 0 Å². The predicted molar refractivity (Wildman–Crippen MR) is 137 cm³/mol. The number of anilines is 1. The van der Waals surface area contributed by atoms with E-state index < -0.39 is 5.82 Å². The average Bonchev–Trinajstić information content (AvgIpc) is 2.91. The molecule has 1 aliphatic rings. The molecule has 190 valence electrons. The van der Waals surface area contributed by atoms with Gasteiger partial charge in [-0.3, -0.25) is 4.79 Å². The summed E-state index contributed by atoms with van der Waals surface area (Å²) in [6, 6.07) is 16.1. The van der Waals surface area contributed by atoms with Crippen LogP contribution in [-0.2, 0) is 16.0 Å². The van der Waals surface area contributed by atoms with Crippen LogP contribution in [0.25, 0.3) is 11.3 Å². The number of nitrogens with zero attached hydrogens (tertiary/aromatic N) is 4. The summed E-state index contributed by atoms with van der Waals surface area (Å²) in [6.45, 7) is 7.00. The molecule has 1 aliphatic heterocycles. The van der Waals surface area contributed by atoms with Crippen molar-refractivity contribution < 1.29 is 18.7 Å². The van der Waals surface area contributed by atoms with Crippen LogP contribution in [0.2, 0.25) is 0 Å². The minimum atomic E-state index is -0.434. The van der Waals surface area contributed by atoms with E-state index in [0.29, 0.717) is 68.8 Å². The van der Waals surface area contributed by atoms with Crippen molar-refractivity contribution in [1.82, 2.24) is 14.9 Å². The molecule has 36 heavy (non-hydrogen) atoms. The van der Waals surface area contributed by atoms with Gasteiger partial charge in [-0.15, -0.1) is 0 Å². The van der Waals surface area contributed by atoms with Crippen molar-refractivity contribution in [2.75, 3.05) is 44.9 Å². The standard InChI is InChI=1S/C28H33FN4O3/c1-4-22(19-35-3)33(18-21-10-6-5-7-11-21)27(34)25-20(2)30-28(32-14-16-36-17-15-32)31-26(25)23-12-8-9-13-24(23)29/h5-13,22H,4,14-19H2,1-3H3. The van der Waals surface area contributed by atoms with E-state index in [9.17, 15) is 4.79 Å². The Labute approximate surface area is 211 Å². The molecule has 1 fully saturated rings. The topological polar surface area (TPSA) is 67.8 Å². The van der Waals surface area contributed by atoms with Crippen molar-refractivity contribution in [3.8, 4) is 11.3 Å². The Kier molecular flexibility index (Phi) is 8.61. The third-order valence-corrected chi connectivity index (χ3v) is 6.44. The highest BCUT2D eigenvalue weighted by molar-refractivity contribution is 6.01. The van der Waals surface area contributed by atoms with E-state index in [-0.39, 0.29) is 17.5 Å². The largest absolute Gasteiger partial charge is 0.383 e. The Morgan fingerprint density at radius 1 is 1.11 bits per heavy atom. The zero-order chi connectivity index (χ0) is 25.5. The number of morpholine rings is 1. The number of ether oxygens (including phenoxy) is 2. The summed E-state index contributed by atoms with van der Waals surface area (Å²) in [7, 11) is 1.63. The van der Waals surface area contributed by atoms with E-state index in [1.807, 2.05) is 42.2 Å². The van der Waals surface area contributed by atoms with Crippen LogP contribution in [0.3, 0.4) is 0 Å². The fourth-order valence-corrected chi connectivity index (χ4v) is 4.48. The van der Waals surface area contributed by atoms with E-state index in [1.165, 1.54) is 6.07 Å². The van der Waals surface area contributed by atoms with Gasteiger partial charge in [0.15, 0.2) is 0 Å². The lowest BCUT2D eigenvalue weighted by molar-refractivity contribution is 0.0498. The van der Waals surface area contributed by atoms with Crippen LogP contribution in [0.1, 0.15) is 35.0 Å². The summed E-state index contributed by atoms with van der Waals surface area (Å²) >= 11 is 0. The third-order valence-electron chi connectivity index (χ3n) is 6.44. The smallest absolute Gasteiger partial charge is 0.258 e. The summed E-state index contributed by atoms with van der Waals surface area (Å²) in [5.41, 5.74) is 2.40. The molecule has 1 amide bonds. The Balaban J connectivity index is 1.84. The molecular weight excluding hydrogens is 459 g/mol. The van der Waals surface area contributed by atoms with Crippen LogP contribution in [-0.4, -0.2) is 66.8 Å². The Morgan fingerprint density at radius 2 is 1.81 bits per heavy atom. The van der Waals surface area contributed by atoms with Gasteiger partial charge in [-0.05, 0) is 31.0 Å². The lowest BCUT2D eigenvalue weighted by Crippen LogP contribution is -2.43. The Morgan fingerprint density at radius 3 is 2.47 bits per heavy atom. The molecule has 1 unspecified atom stereocenters. The lowest BCUT2D eigenvalue weighted by atomic mass is 10.0. The van der Waals surface area contributed by atoms with Gasteiger partial charge in [0.1, 0.15) is 5.82 Å². The molecule has 1 saturated heterocycles. The van der Waals surface area contributed by atoms with Gasteiger partial charge in [0, 0.05) is 32.3 Å². The van der Waals surface area contributed by atoms with Crippen LogP contribution in [0.15, 0.2) is 54.6 Å². The molecule has 3 aromatic rings. The van der Waals surface area contributed by atoms with E-state index in [4.69, 9.17) is 19.4 Å². The molecule has 1 aromatic heterocycles. The highest BCUT2D eigenvalue weighted by atomic mass is 19.1. The van der Waals surface area contributed by atoms with Crippen molar-refractivity contribution in [1.29, 1.82) is 0 Å². The molecule has 0 N–H and O–H groups in total. The van der Waals surface area contributed by atoms with Crippen LogP contribution in [0.4, 0.5) is 10.3 Å². The van der Waals surface area contributed by atoms with Crippen molar-refractivity contribution in [2.45, 2.75) is 32.9 Å². The number of hydrogen-bond donors (Lipinski definition) is 0. The van der Waals surface area contributed by atoms with Crippen LogP contribution < -0.4 is 4.90 Å². The number of aryl methyl sites for hydroxylation is 1. The Hall–Kier alpha value is -3.36. The summed E-state index contributed by atoms with van der Waals surface area (Å²) in [5, 5.41) is 0. The first kappa shape index (κ1) is 25.7. The number of hydrogen-bond acceptors (Lipinski definition) is 6. The molecule has 0 spiro atoms. The van der Waals surface area contributed by atoms with E-state index in [1.54, 1.807) is 37.1 Å². The number of carbonyl (C=O) groups excluding carboxylic acids is 1. The van der Waals surface area contributed by atoms with Gasteiger partial charge in [0.25, 0.3) is 5.91 Å². The number of halogens is 1. The molecule has 0 bridgehead atoms. The molecule has 2 aromatic carbocycles. The zero-order valence-corrected chi connectivity index (χ0v) is 21.1. The number of benzene rings is 2. The first-order valence-corrected chi connectivity index (χ1v) is 12.3. The summed E-state index contributed by atoms with van der Waals surface area (Å²) in [5.74, 6) is -0.202. The number of methoxy groups -OCH3 is 1. The van der Waals surface area contributed by atoms with Gasteiger partial charge >= 0.3 is 0 Å². The van der Waals surface area contributed by atoms with Gasteiger partial charge in [-0.1, -0.05) is 49.4 Å². The van der Waals surface area contributed by atoms with E-state index >= 15 is 4.39 Å². The fourth-order valence-electron chi connectivity index (χ4n) is 4.48. The van der Waals surface area contributed by atoms with Gasteiger partial charge in [-0.25, -0.2) is 14.4 Å². The molecule has 0 saturated carbocycles. The number of amides is 1.